The second-order valence-corrected chi connectivity index (χ2v) is 19.0. The van der Waals surface area contributed by atoms with Gasteiger partial charge in [-0.25, -0.2) is 4.57 Å². The zero-order valence-electron chi connectivity index (χ0n) is 37.4. The number of unbranched alkanes of at least 4 members (excludes halogenated alkanes) is 31. The highest BCUT2D eigenvalue weighted by Gasteiger charge is 2.26. The van der Waals surface area contributed by atoms with Crippen molar-refractivity contribution in [2.45, 2.75) is 238 Å². The van der Waals surface area contributed by atoms with E-state index >= 15 is 0 Å². The van der Waals surface area contributed by atoms with Gasteiger partial charge in [-0.3, -0.25) is 13.8 Å². The number of likely N-dealkylation sites (N-methyl/N-ethyl adjacent to an activating group) is 1. The fourth-order valence-electron chi connectivity index (χ4n) is 6.97. The molecule has 55 heavy (non-hydrogen) atoms. The highest BCUT2D eigenvalue weighted by molar-refractivity contribution is 7.47. The molecular weight excluding hydrogens is 709 g/mol. The predicted molar refractivity (Wildman–Crippen MR) is 234 cm³/mol. The standard InChI is InChI=1S/C46H94NO7P/c1-6-8-10-12-14-16-17-18-19-20-21-22-23-24-25-26-27-28-29-30-31-32-33-35-37-39-46(48)54-45(43-51-41-38-36-34-15-13-11-9-7-2)44-53-55(49,50)52-42-40-47(3,4)5/h45H,6-44H2,1-5H3/p+1. The van der Waals surface area contributed by atoms with Gasteiger partial charge in [0.05, 0.1) is 34.4 Å². The number of nitrogens with zero attached hydrogens (tertiary/aromatic N) is 1. The summed E-state index contributed by atoms with van der Waals surface area (Å²) >= 11 is 0. The van der Waals surface area contributed by atoms with Gasteiger partial charge in [0.15, 0.2) is 0 Å². The first-order valence-corrected chi connectivity index (χ1v) is 25.3. The van der Waals surface area contributed by atoms with Gasteiger partial charge >= 0.3 is 13.8 Å². The van der Waals surface area contributed by atoms with Crippen molar-refractivity contribution in [3.8, 4) is 0 Å². The Balaban J connectivity index is 3.93. The fourth-order valence-corrected chi connectivity index (χ4v) is 7.71. The molecule has 0 amide bonds. The lowest BCUT2D eigenvalue weighted by Crippen LogP contribution is -2.37. The topological polar surface area (TPSA) is 91.3 Å². The van der Waals surface area contributed by atoms with E-state index in [2.05, 4.69) is 13.8 Å². The molecule has 0 bridgehead atoms. The van der Waals surface area contributed by atoms with Gasteiger partial charge in [0.2, 0.25) is 0 Å². The first-order chi connectivity index (χ1) is 26.6. The van der Waals surface area contributed by atoms with Crippen LogP contribution in [0.3, 0.4) is 0 Å². The number of hydrogen-bond acceptors (Lipinski definition) is 6. The van der Waals surface area contributed by atoms with Crippen molar-refractivity contribution in [2.24, 2.45) is 0 Å². The molecule has 330 valence electrons. The predicted octanol–water partition coefficient (Wildman–Crippen LogP) is 14.1. The van der Waals surface area contributed by atoms with E-state index < -0.39 is 13.9 Å². The van der Waals surface area contributed by atoms with E-state index in [1.807, 2.05) is 21.1 Å². The maximum absolute atomic E-state index is 12.7. The van der Waals surface area contributed by atoms with Gasteiger partial charge in [0, 0.05) is 13.0 Å². The monoisotopic (exact) mass is 805 g/mol. The molecule has 0 saturated carbocycles. The third-order valence-electron chi connectivity index (χ3n) is 10.7. The average Bonchev–Trinajstić information content (AvgIpc) is 3.13. The van der Waals surface area contributed by atoms with E-state index in [4.69, 9.17) is 18.5 Å². The molecular formula is C46H95NO7P+. The van der Waals surface area contributed by atoms with Crippen LogP contribution in [0.25, 0.3) is 0 Å². The highest BCUT2D eigenvalue weighted by atomic mass is 31.2. The first-order valence-electron chi connectivity index (χ1n) is 23.8. The van der Waals surface area contributed by atoms with Crippen molar-refractivity contribution in [1.29, 1.82) is 0 Å². The molecule has 0 aliphatic heterocycles. The summed E-state index contributed by atoms with van der Waals surface area (Å²) in [6.45, 7) is 5.65. The smallest absolute Gasteiger partial charge is 0.457 e. The van der Waals surface area contributed by atoms with Crippen molar-refractivity contribution < 1.29 is 37.3 Å². The van der Waals surface area contributed by atoms with Gasteiger partial charge in [0.1, 0.15) is 19.3 Å². The number of quaternary nitrogens is 1. The molecule has 9 heteroatoms. The summed E-state index contributed by atoms with van der Waals surface area (Å²) in [5, 5.41) is 0. The zero-order chi connectivity index (χ0) is 40.6. The molecule has 0 aromatic rings. The highest BCUT2D eigenvalue weighted by Crippen LogP contribution is 2.43. The number of rotatable bonds is 45. The van der Waals surface area contributed by atoms with Gasteiger partial charge in [-0.1, -0.05) is 213 Å². The molecule has 0 aliphatic rings. The molecule has 0 fully saturated rings. The van der Waals surface area contributed by atoms with Crippen LogP contribution >= 0.6 is 7.82 Å². The van der Waals surface area contributed by atoms with E-state index in [0.29, 0.717) is 24.1 Å². The lowest BCUT2D eigenvalue weighted by molar-refractivity contribution is -0.870. The van der Waals surface area contributed by atoms with E-state index in [-0.39, 0.29) is 25.8 Å². The van der Waals surface area contributed by atoms with Crippen LogP contribution in [-0.2, 0) is 27.9 Å². The fraction of sp³-hybridized carbons (Fsp3) is 0.978. The molecule has 0 saturated heterocycles. The molecule has 0 rings (SSSR count). The summed E-state index contributed by atoms with van der Waals surface area (Å²) in [6, 6.07) is 0. The van der Waals surface area contributed by atoms with E-state index in [0.717, 1.165) is 32.1 Å². The molecule has 0 aliphatic carbocycles. The Morgan fingerprint density at radius 2 is 0.836 bits per heavy atom. The maximum atomic E-state index is 12.7. The van der Waals surface area contributed by atoms with Gasteiger partial charge < -0.3 is 18.9 Å². The Bertz CT molecular complexity index is 853. The Hall–Kier alpha value is -0.500. The summed E-state index contributed by atoms with van der Waals surface area (Å²) in [5.41, 5.74) is 0. The van der Waals surface area contributed by atoms with E-state index in [1.54, 1.807) is 0 Å². The zero-order valence-corrected chi connectivity index (χ0v) is 38.3. The largest absolute Gasteiger partial charge is 0.472 e. The van der Waals surface area contributed by atoms with E-state index in [1.165, 1.54) is 180 Å². The summed E-state index contributed by atoms with van der Waals surface area (Å²) in [4.78, 5) is 22.8. The van der Waals surface area contributed by atoms with E-state index in [9.17, 15) is 14.3 Å². The van der Waals surface area contributed by atoms with Crippen LogP contribution in [0, 0.1) is 0 Å². The molecule has 0 spiro atoms. The maximum Gasteiger partial charge on any atom is 0.472 e. The molecule has 8 nitrogen and oxygen atoms in total. The Morgan fingerprint density at radius 3 is 1.20 bits per heavy atom. The van der Waals surface area contributed by atoms with Gasteiger partial charge in [0.25, 0.3) is 0 Å². The van der Waals surface area contributed by atoms with Gasteiger partial charge in [-0.15, -0.1) is 0 Å². The minimum Gasteiger partial charge on any atom is -0.457 e. The minimum atomic E-state index is -4.26. The quantitative estimate of drug-likeness (QED) is 0.0284. The second-order valence-electron chi connectivity index (χ2n) is 17.5. The molecule has 0 heterocycles. The molecule has 0 aromatic heterocycles. The average molecular weight is 805 g/mol. The first kappa shape index (κ1) is 54.5. The van der Waals surface area contributed by atoms with Crippen LogP contribution in [0.15, 0.2) is 0 Å². The normalized spacial score (nSPS) is 13.6. The number of hydrogen-bond donors (Lipinski definition) is 1. The number of ether oxygens (including phenoxy) is 2. The lowest BCUT2D eigenvalue weighted by Gasteiger charge is -2.24. The van der Waals surface area contributed by atoms with Crippen LogP contribution in [0.5, 0.6) is 0 Å². The van der Waals surface area contributed by atoms with Gasteiger partial charge in [-0.2, -0.15) is 0 Å². The van der Waals surface area contributed by atoms with Crippen molar-refractivity contribution in [2.75, 3.05) is 54.1 Å². The van der Waals surface area contributed by atoms with Crippen molar-refractivity contribution in [3.05, 3.63) is 0 Å². The molecule has 2 unspecified atom stereocenters. The summed E-state index contributed by atoms with van der Waals surface area (Å²) in [6.07, 6.45) is 43.0. The molecule has 2 atom stereocenters. The number of carbonyl (C=O) groups excluding carboxylic acids is 1. The molecule has 0 radical (unpaired) electrons. The van der Waals surface area contributed by atoms with Crippen LogP contribution in [-0.4, -0.2) is 75.6 Å². The number of phosphoric acid groups is 1. The van der Waals surface area contributed by atoms with Crippen LogP contribution in [0.1, 0.15) is 232 Å². The van der Waals surface area contributed by atoms with Crippen molar-refractivity contribution >= 4 is 13.8 Å². The third-order valence-corrected chi connectivity index (χ3v) is 11.7. The minimum absolute atomic E-state index is 0.0935. The third kappa shape index (κ3) is 44.4. The number of esters is 1. The molecule has 0 aromatic carbocycles. The summed E-state index contributed by atoms with van der Waals surface area (Å²) < 4.78 is 34.9. The number of phosphoric ester groups is 1. The summed E-state index contributed by atoms with van der Waals surface area (Å²) in [5.74, 6) is -0.308. The summed E-state index contributed by atoms with van der Waals surface area (Å²) in [7, 11) is 1.68. The Labute approximate surface area is 342 Å². The lowest BCUT2D eigenvalue weighted by atomic mass is 10.0. The van der Waals surface area contributed by atoms with Crippen LogP contribution < -0.4 is 0 Å². The van der Waals surface area contributed by atoms with Crippen LogP contribution in [0.2, 0.25) is 0 Å². The van der Waals surface area contributed by atoms with Crippen molar-refractivity contribution in [3.63, 3.8) is 0 Å². The van der Waals surface area contributed by atoms with Crippen molar-refractivity contribution in [1.82, 2.24) is 0 Å². The Kier molecular flexibility index (Phi) is 39.9. The molecule has 1 N–H and O–H groups in total. The van der Waals surface area contributed by atoms with Crippen LogP contribution in [0.4, 0.5) is 0 Å². The Morgan fingerprint density at radius 1 is 0.491 bits per heavy atom. The second kappa shape index (κ2) is 40.3. The SMILES string of the molecule is CCCCCCCCCCCCCCCCCCCCCCCCCCCC(=O)OC(COCCCCCCCCCC)COP(=O)(O)OCC[N+](C)(C)C. The number of carbonyl (C=O) groups is 1. The van der Waals surface area contributed by atoms with Gasteiger partial charge in [-0.05, 0) is 12.8 Å².